The molecule has 0 atom stereocenters. The Morgan fingerprint density at radius 2 is 1.82 bits per heavy atom. The van der Waals surface area contributed by atoms with Gasteiger partial charge in [-0.05, 0) is 17.7 Å². The third-order valence-corrected chi connectivity index (χ3v) is 3.91. The van der Waals surface area contributed by atoms with Crippen LogP contribution in [-0.4, -0.2) is 37.4 Å². The van der Waals surface area contributed by atoms with Gasteiger partial charge in [-0.3, -0.25) is 4.79 Å². The smallest absolute Gasteiger partial charge is 0.309 e. The average molecular weight is 323 g/mol. The van der Waals surface area contributed by atoms with Crippen molar-refractivity contribution in [3.05, 3.63) is 33.8 Å². The van der Waals surface area contributed by atoms with E-state index in [0.29, 0.717) is 29.4 Å². The molecule has 0 aliphatic carbocycles. The number of hydrogen-bond donors (Lipinski definition) is 1. The number of hydrogen-bond acceptors (Lipinski definition) is 6. The minimum absolute atomic E-state index is 0.0637. The van der Waals surface area contributed by atoms with Crippen LogP contribution in [0.1, 0.15) is 16.3 Å². The lowest BCUT2D eigenvalue weighted by Crippen LogP contribution is -2.01. The fraction of sp³-hybridized carbons (Fsp3) is 0.333. The number of carboxylic acid groups (broad SMARTS) is 1. The second-order valence-electron chi connectivity index (χ2n) is 4.51. The van der Waals surface area contributed by atoms with Gasteiger partial charge < -0.3 is 19.3 Å². The van der Waals surface area contributed by atoms with E-state index in [1.165, 1.54) is 11.3 Å². The molecule has 0 fully saturated rings. The first-order chi connectivity index (χ1) is 10.6. The van der Waals surface area contributed by atoms with Crippen LogP contribution in [0.15, 0.2) is 17.5 Å². The van der Waals surface area contributed by atoms with E-state index in [1.807, 2.05) is 12.1 Å². The Hall–Kier alpha value is -2.28. The fourth-order valence-corrected chi connectivity index (χ4v) is 2.91. The molecule has 2 rings (SSSR count). The maximum Gasteiger partial charge on any atom is 0.309 e. The van der Waals surface area contributed by atoms with E-state index in [0.717, 1.165) is 10.6 Å². The normalized spacial score (nSPS) is 10.3. The molecule has 0 unspecified atom stereocenters. The average Bonchev–Trinajstić information content (AvgIpc) is 2.92. The SMILES string of the molecule is COc1cc(Cc2nc(CC(=O)O)cs2)cc(OC)c1OC. The zero-order valence-corrected chi connectivity index (χ0v) is 13.4. The van der Waals surface area contributed by atoms with Gasteiger partial charge in [0.1, 0.15) is 0 Å². The Balaban J connectivity index is 2.25. The van der Waals surface area contributed by atoms with E-state index in [1.54, 1.807) is 26.7 Å². The monoisotopic (exact) mass is 323 g/mol. The molecule has 1 aromatic carbocycles. The van der Waals surface area contributed by atoms with Crippen LogP contribution in [-0.2, 0) is 17.6 Å². The molecule has 0 bridgehead atoms. The Bertz CT molecular complexity index is 643. The van der Waals surface area contributed by atoms with Gasteiger partial charge >= 0.3 is 5.97 Å². The van der Waals surface area contributed by atoms with Crippen LogP contribution in [0.5, 0.6) is 17.2 Å². The van der Waals surface area contributed by atoms with Crippen molar-refractivity contribution in [1.82, 2.24) is 4.98 Å². The number of benzene rings is 1. The van der Waals surface area contributed by atoms with Gasteiger partial charge in [0, 0.05) is 11.8 Å². The summed E-state index contributed by atoms with van der Waals surface area (Å²) in [5, 5.41) is 11.4. The number of thiazole rings is 1. The summed E-state index contributed by atoms with van der Waals surface area (Å²) in [4.78, 5) is 15.0. The van der Waals surface area contributed by atoms with Crippen LogP contribution in [0, 0.1) is 0 Å². The molecule has 1 aromatic heterocycles. The fourth-order valence-electron chi connectivity index (χ4n) is 2.08. The second kappa shape index (κ2) is 7.13. The molecule has 1 N–H and O–H groups in total. The van der Waals surface area contributed by atoms with Crippen LogP contribution in [0.4, 0.5) is 0 Å². The summed E-state index contributed by atoms with van der Waals surface area (Å²) in [5.74, 6) is 0.822. The van der Waals surface area contributed by atoms with Crippen LogP contribution in [0.25, 0.3) is 0 Å². The highest BCUT2D eigenvalue weighted by Crippen LogP contribution is 2.38. The molecule has 0 saturated heterocycles. The first-order valence-electron chi connectivity index (χ1n) is 6.51. The molecular weight excluding hydrogens is 306 g/mol. The molecular formula is C15H17NO5S. The van der Waals surface area contributed by atoms with Gasteiger partial charge in [-0.15, -0.1) is 11.3 Å². The predicted octanol–water partition coefficient (Wildman–Crippen LogP) is 2.39. The van der Waals surface area contributed by atoms with Gasteiger partial charge in [-0.1, -0.05) is 0 Å². The molecule has 22 heavy (non-hydrogen) atoms. The standard InChI is InChI=1S/C15H17NO5S/c1-19-11-4-9(5-12(20-2)15(11)21-3)6-13-16-10(8-22-13)7-14(17)18/h4-5,8H,6-7H2,1-3H3,(H,17,18). The highest BCUT2D eigenvalue weighted by atomic mass is 32.1. The summed E-state index contributed by atoms with van der Waals surface area (Å²) in [7, 11) is 4.68. The molecule has 2 aromatic rings. The molecule has 0 spiro atoms. The number of ether oxygens (including phenoxy) is 3. The summed E-state index contributed by atoms with van der Waals surface area (Å²) in [6.45, 7) is 0. The molecule has 7 heteroatoms. The number of methoxy groups -OCH3 is 3. The van der Waals surface area contributed by atoms with Gasteiger partial charge in [0.15, 0.2) is 11.5 Å². The first kappa shape index (κ1) is 16.1. The van der Waals surface area contributed by atoms with Crippen molar-refractivity contribution in [3.63, 3.8) is 0 Å². The lowest BCUT2D eigenvalue weighted by Gasteiger charge is -2.13. The minimum Gasteiger partial charge on any atom is -0.493 e. The number of nitrogens with zero attached hydrogens (tertiary/aromatic N) is 1. The molecule has 6 nitrogen and oxygen atoms in total. The van der Waals surface area contributed by atoms with Crippen molar-refractivity contribution in [1.29, 1.82) is 0 Å². The zero-order valence-electron chi connectivity index (χ0n) is 12.6. The number of carbonyl (C=O) groups is 1. The molecule has 0 saturated carbocycles. The Kier molecular flexibility index (Phi) is 5.21. The lowest BCUT2D eigenvalue weighted by atomic mass is 10.1. The second-order valence-corrected chi connectivity index (χ2v) is 5.46. The van der Waals surface area contributed by atoms with Crippen molar-refractivity contribution in [2.75, 3.05) is 21.3 Å². The van der Waals surface area contributed by atoms with Crippen LogP contribution in [0.2, 0.25) is 0 Å². The highest BCUT2D eigenvalue weighted by Gasteiger charge is 2.14. The summed E-state index contributed by atoms with van der Waals surface area (Å²) >= 11 is 1.44. The number of aliphatic carboxylic acids is 1. The quantitative estimate of drug-likeness (QED) is 0.843. The van der Waals surface area contributed by atoms with E-state index >= 15 is 0 Å². The van der Waals surface area contributed by atoms with Crippen molar-refractivity contribution >= 4 is 17.3 Å². The third kappa shape index (κ3) is 3.67. The molecule has 1 heterocycles. The van der Waals surface area contributed by atoms with Gasteiger partial charge in [-0.25, -0.2) is 4.98 Å². The number of aromatic nitrogens is 1. The van der Waals surface area contributed by atoms with Gasteiger partial charge in [0.2, 0.25) is 5.75 Å². The van der Waals surface area contributed by atoms with E-state index < -0.39 is 5.97 Å². The summed E-state index contributed by atoms with van der Waals surface area (Å²) in [6.07, 6.45) is 0.507. The molecule has 0 radical (unpaired) electrons. The predicted molar refractivity (Wildman–Crippen MR) is 82.4 cm³/mol. The van der Waals surface area contributed by atoms with Crippen LogP contribution < -0.4 is 14.2 Å². The van der Waals surface area contributed by atoms with E-state index in [9.17, 15) is 4.79 Å². The molecule has 118 valence electrons. The Morgan fingerprint density at radius 1 is 1.18 bits per heavy atom. The highest BCUT2D eigenvalue weighted by molar-refractivity contribution is 7.09. The molecule has 0 aliphatic rings. The number of rotatable bonds is 7. The largest absolute Gasteiger partial charge is 0.493 e. The minimum atomic E-state index is -0.885. The maximum atomic E-state index is 10.7. The number of carboxylic acids is 1. The van der Waals surface area contributed by atoms with Gasteiger partial charge in [0.25, 0.3) is 0 Å². The maximum absolute atomic E-state index is 10.7. The van der Waals surface area contributed by atoms with Crippen molar-refractivity contribution < 1.29 is 24.1 Å². The van der Waals surface area contributed by atoms with Gasteiger partial charge in [0.05, 0.1) is 38.5 Å². The van der Waals surface area contributed by atoms with Crippen molar-refractivity contribution in [3.8, 4) is 17.2 Å². The van der Waals surface area contributed by atoms with E-state index in [4.69, 9.17) is 19.3 Å². The Morgan fingerprint density at radius 3 is 2.32 bits per heavy atom. The third-order valence-electron chi connectivity index (χ3n) is 3.01. The lowest BCUT2D eigenvalue weighted by molar-refractivity contribution is -0.136. The Labute approximate surface area is 132 Å². The van der Waals surface area contributed by atoms with Crippen LogP contribution in [0.3, 0.4) is 0 Å². The summed E-state index contributed by atoms with van der Waals surface area (Å²) in [6, 6.07) is 3.72. The van der Waals surface area contributed by atoms with E-state index in [2.05, 4.69) is 4.98 Å². The van der Waals surface area contributed by atoms with Crippen molar-refractivity contribution in [2.45, 2.75) is 12.8 Å². The molecule has 0 aliphatic heterocycles. The topological polar surface area (TPSA) is 77.9 Å². The zero-order chi connectivity index (χ0) is 16.1. The van der Waals surface area contributed by atoms with Gasteiger partial charge in [-0.2, -0.15) is 0 Å². The van der Waals surface area contributed by atoms with Crippen molar-refractivity contribution in [2.24, 2.45) is 0 Å². The summed E-state index contributed by atoms with van der Waals surface area (Å²) < 4.78 is 15.9. The first-order valence-corrected chi connectivity index (χ1v) is 7.39. The molecule has 0 amide bonds. The van der Waals surface area contributed by atoms with E-state index in [-0.39, 0.29) is 6.42 Å². The van der Waals surface area contributed by atoms with Crippen LogP contribution >= 0.6 is 11.3 Å². The summed E-state index contributed by atoms with van der Waals surface area (Å²) in [5.41, 5.74) is 1.52.